The molecular weight excluding hydrogens is 308 g/mol. The Morgan fingerprint density at radius 2 is 1.68 bits per heavy atom. The van der Waals surface area contributed by atoms with E-state index in [2.05, 4.69) is 24.3 Å². The van der Waals surface area contributed by atoms with Crippen LogP contribution in [0, 0.1) is 22.7 Å². The summed E-state index contributed by atoms with van der Waals surface area (Å²) >= 11 is 0. The first-order valence-corrected chi connectivity index (χ1v) is 8.48. The van der Waals surface area contributed by atoms with Crippen LogP contribution in [-0.2, 0) is 4.74 Å². The van der Waals surface area contributed by atoms with Crippen molar-refractivity contribution >= 4 is 12.0 Å². The number of rotatable bonds is 2. The van der Waals surface area contributed by atoms with Crippen LogP contribution in [0.4, 0.5) is 0 Å². The van der Waals surface area contributed by atoms with Crippen molar-refractivity contribution in [2.24, 2.45) is 5.92 Å². The molecule has 0 aromatic heterocycles. The van der Waals surface area contributed by atoms with E-state index in [1.807, 2.05) is 48.5 Å². The van der Waals surface area contributed by atoms with Crippen molar-refractivity contribution in [3.8, 4) is 6.07 Å². The fourth-order valence-electron chi connectivity index (χ4n) is 3.73. The molecule has 0 saturated carbocycles. The van der Waals surface area contributed by atoms with Gasteiger partial charge in [0.1, 0.15) is 11.7 Å². The SMILES string of the molecule is N#CC1C(=N)OC2=C(CC/C2=C\c2ccccc2)C1c1ccccc1. The van der Waals surface area contributed by atoms with Crippen LogP contribution in [0.5, 0.6) is 0 Å². The lowest BCUT2D eigenvalue weighted by atomic mass is 9.79. The monoisotopic (exact) mass is 326 g/mol. The van der Waals surface area contributed by atoms with Crippen molar-refractivity contribution in [3.05, 3.63) is 88.7 Å². The van der Waals surface area contributed by atoms with Gasteiger partial charge in [-0.2, -0.15) is 5.26 Å². The molecule has 3 nitrogen and oxygen atoms in total. The van der Waals surface area contributed by atoms with Gasteiger partial charge in [-0.05, 0) is 41.2 Å². The third-order valence-corrected chi connectivity index (χ3v) is 4.89. The van der Waals surface area contributed by atoms with E-state index in [1.54, 1.807) is 0 Å². The lowest BCUT2D eigenvalue weighted by molar-refractivity contribution is 0.359. The standard InChI is InChI=1S/C22H18N2O/c23-14-19-20(16-9-5-2-6-10-16)18-12-11-17(21(18)25-22(19)24)13-15-7-3-1-4-8-15/h1-10,13,19-20,24H,11-12H2/b17-13+,24-22?. The smallest absolute Gasteiger partial charge is 0.205 e. The Bertz CT molecular complexity index is 904. The fraction of sp³-hybridized carbons (Fsp3) is 0.182. The zero-order chi connectivity index (χ0) is 17.2. The first kappa shape index (κ1) is 15.4. The summed E-state index contributed by atoms with van der Waals surface area (Å²) in [7, 11) is 0. The third kappa shape index (κ3) is 2.77. The average molecular weight is 326 g/mol. The summed E-state index contributed by atoms with van der Waals surface area (Å²) in [6.45, 7) is 0. The van der Waals surface area contributed by atoms with E-state index in [0.717, 1.165) is 40.9 Å². The third-order valence-electron chi connectivity index (χ3n) is 4.89. The maximum atomic E-state index is 9.61. The van der Waals surface area contributed by atoms with Crippen LogP contribution in [0.25, 0.3) is 6.08 Å². The Hall–Kier alpha value is -3.12. The van der Waals surface area contributed by atoms with Gasteiger partial charge in [-0.25, -0.2) is 0 Å². The molecule has 25 heavy (non-hydrogen) atoms. The lowest BCUT2D eigenvalue weighted by Gasteiger charge is -2.30. The van der Waals surface area contributed by atoms with Crippen molar-refractivity contribution in [1.29, 1.82) is 10.7 Å². The summed E-state index contributed by atoms with van der Waals surface area (Å²) < 4.78 is 5.82. The Kier molecular flexibility index (Phi) is 3.95. The van der Waals surface area contributed by atoms with Crippen molar-refractivity contribution < 1.29 is 4.74 Å². The van der Waals surface area contributed by atoms with Crippen molar-refractivity contribution in [2.45, 2.75) is 18.8 Å². The molecule has 1 aliphatic carbocycles. The molecule has 0 radical (unpaired) electrons. The molecule has 0 amide bonds. The van der Waals surface area contributed by atoms with E-state index >= 15 is 0 Å². The van der Waals surface area contributed by atoms with Gasteiger partial charge < -0.3 is 4.74 Å². The summed E-state index contributed by atoms with van der Waals surface area (Å²) in [4.78, 5) is 0. The predicted octanol–water partition coefficient (Wildman–Crippen LogP) is 5.05. The van der Waals surface area contributed by atoms with Crippen LogP contribution in [0.3, 0.4) is 0 Å². The first-order chi connectivity index (χ1) is 12.3. The Morgan fingerprint density at radius 3 is 2.36 bits per heavy atom. The number of hydrogen-bond donors (Lipinski definition) is 1. The van der Waals surface area contributed by atoms with Gasteiger partial charge in [-0.15, -0.1) is 0 Å². The molecule has 1 N–H and O–H groups in total. The van der Waals surface area contributed by atoms with Crippen molar-refractivity contribution in [2.75, 3.05) is 0 Å². The van der Waals surface area contributed by atoms with Crippen molar-refractivity contribution in [3.63, 3.8) is 0 Å². The van der Waals surface area contributed by atoms with Gasteiger partial charge in [-0.3, -0.25) is 5.41 Å². The predicted molar refractivity (Wildman–Crippen MR) is 97.8 cm³/mol. The Labute approximate surface area is 147 Å². The second-order valence-electron chi connectivity index (χ2n) is 6.40. The molecule has 1 heterocycles. The Morgan fingerprint density at radius 1 is 1.00 bits per heavy atom. The zero-order valence-electron chi connectivity index (χ0n) is 13.8. The maximum absolute atomic E-state index is 9.61. The molecule has 3 heteroatoms. The minimum atomic E-state index is -0.558. The van der Waals surface area contributed by atoms with Crippen LogP contribution in [-0.4, -0.2) is 5.90 Å². The summed E-state index contributed by atoms with van der Waals surface area (Å²) in [5.41, 5.74) is 4.47. The van der Waals surface area contributed by atoms with Gasteiger partial charge in [0.05, 0.1) is 6.07 Å². The highest BCUT2D eigenvalue weighted by molar-refractivity contribution is 5.84. The maximum Gasteiger partial charge on any atom is 0.205 e. The second-order valence-corrected chi connectivity index (χ2v) is 6.40. The highest BCUT2D eigenvalue weighted by atomic mass is 16.5. The molecule has 4 rings (SSSR count). The van der Waals surface area contributed by atoms with Crippen LogP contribution in [0.2, 0.25) is 0 Å². The van der Waals surface area contributed by atoms with Gasteiger partial charge in [0.2, 0.25) is 5.90 Å². The number of benzene rings is 2. The molecule has 2 unspecified atom stereocenters. The molecule has 0 spiro atoms. The normalized spacial score (nSPS) is 24.0. The molecule has 0 saturated heterocycles. The van der Waals surface area contributed by atoms with Gasteiger partial charge in [0.15, 0.2) is 0 Å². The lowest BCUT2D eigenvalue weighted by Crippen LogP contribution is -2.28. The quantitative estimate of drug-likeness (QED) is 0.839. The van der Waals surface area contributed by atoms with Gasteiger partial charge in [-0.1, -0.05) is 60.7 Å². The highest BCUT2D eigenvalue weighted by Crippen LogP contribution is 2.48. The van der Waals surface area contributed by atoms with Gasteiger partial charge in [0, 0.05) is 5.92 Å². The topological polar surface area (TPSA) is 56.9 Å². The summed E-state index contributed by atoms with van der Waals surface area (Å²) in [5.74, 6) is 0.200. The van der Waals surface area contributed by atoms with Crippen LogP contribution >= 0.6 is 0 Å². The summed E-state index contributed by atoms with van der Waals surface area (Å²) in [6.07, 6.45) is 3.89. The van der Waals surface area contributed by atoms with E-state index in [4.69, 9.17) is 10.1 Å². The zero-order valence-corrected chi connectivity index (χ0v) is 13.8. The van der Waals surface area contributed by atoms with Gasteiger partial charge in [0.25, 0.3) is 0 Å². The number of hydrogen-bond acceptors (Lipinski definition) is 3. The van der Waals surface area contributed by atoms with E-state index in [0.29, 0.717) is 0 Å². The summed E-state index contributed by atoms with van der Waals surface area (Å²) in [6, 6.07) is 22.4. The van der Waals surface area contributed by atoms with E-state index in [1.165, 1.54) is 0 Å². The minimum Gasteiger partial charge on any atom is -0.442 e. The molecule has 2 aromatic rings. The van der Waals surface area contributed by atoms with Gasteiger partial charge >= 0.3 is 0 Å². The van der Waals surface area contributed by atoms with E-state index < -0.39 is 5.92 Å². The van der Waals surface area contributed by atoms with Crippen molar-refractivity contribution in [1.82, 2.24) is 0 Å². The molecule has 0 bridgehead atoms. The number of nitrogens with one attached hydrogen (secondary N) is 1. The van der Waals surface area contributed by atoms with E-state index in [9.17, 15) is 5.26 Å². The number of allylic oxidation sites excluding steroid dienone is 2. The number of nitrogens with zero attached hydrogens (tertiary/aromatic N) is 1. The van der Waals surface area contributed by atoms with Crippen LogP contribution in [0.1, 0.15) is 29.9 Å². The summed E-state index contributed by atoms with van der Waals surface area (Å²) in [5, 5.41) is 17.8. The number of nitriles is 1. The average Bonchev–Trinajstić information content (AvgIpc) is 3.04. The molecule has 2 aliphatic rings. The van der Waals surface area contributed by atoms with E-state index in [-0.39, 0.29) is 11.8 Å². The largest absolute Gasteiger partial charge is 0.442 e. The molecule has 2 aromatic carbocycles. The second kappa shape index (κ2) is 6.41. The molecule has 2 atom stereocenters. The Balaban J connectivity index is 1.80. The molecule has 0 fully saturated rings. The first-order valence-electron chi connectivity index (χ1n) is 8.48. The molecular formula is C22H18N2O. The fourth-order valence-corrected chi connectivity index (χ4v) is 3.73. The molecule has 1 aliphatic heterocycles. The molecule has 122 valence electrons. The minimum absolute atomic E-state index is 0.0518. The van der Waals surface area contributed by atoms with Crippen LogP contribution < -0.4 is 0 Å². The highest BCUT2D eigenvalue weighted by Gasteiger charge is 2.41. The number of ether oxygens (including phenoxy) is 1. The van der Waals surface area contributed by atoms with Crippen LogP contribution in [0.15, 0.2) is 77.6 Å².